The smallest absolute Gasteiger partial charge is 0.243 e. The molecule has 0 saturated heterocycles. The molecule has 0 aliphatic rings. The van der Waals surface area contributed by atoms with Crippen LogP contribution >= 0.6 is 0 Å². The van der Waals surface area contributed by atoms with Crippen LogP contribution in [0.4, 0.5) is 4.39 Å². The highest BCUT2D eigenvalue weighted by Gasteiger charge is 2.25. The summed E-state index contributed by atoms with van der Waals surface area (Å²) in [7, 11) is 0. The summed E-state index contributed by atoms with van der Waals surface area (Å²) in [5.74, 6) is 0.316. The number of nitrogens with one attached hydrogen (secondary N) is 1. The van der Waals surface area contributed by atoms with Crippen molar-refractivity contribution < 1.29 is 9.18 Å². The average Bonchev–Trinajstić information content (AvgIpc) is 3.15. The summed E-state index contributed by atoms with van der Waals surface area (Å²) in [6, 6.07) is 19.6. The molecule has 31 heavy (non-hydrogen) atoms. The number of amides is 1. The largest absolute Gasteiger partial charge is 0.349 e. The number of hydrogen-bond acceptors (Lipinski definition) is 3. The van der Waals surface area contributed by atoms with Gasteiger partial charge in [-0.3, -0.25) is 9.78 Å². The third-order valence-electron chi connectivity index (χ3n) is 5.32. The Labute approximate surface area is 181 Å². The van der Waals surface area contributed by atoms with Crippen molar-refractivity contribution >= 4 is 16.9 Å². The number of hydrogen-bond donors (Lipinski definition) is 1. The van der Waals surface area contributed by atoms with E-state index in [0.29, 0.717) is 30.8 Å². The Hall–Kier alpha value is -3.54. The lowest BCUT2D eigenvalue weighted by Crippen LogP contribution is -2.33. The van der Waals surface area contributed by atoms with Crippen molar-refractivity contribution in [1.29, 1.82) is 0 Å². The lowest BCUT2D eigenvalue weighted by Gasteiger charge is -2.21. The molecule has 0 radical (unpaired) electrons. The van der Waals surface area contributed by atoms with Crippen molar-refractivity contribution in [2.24, 2.45) is 0 Å². The maximum atomic E-state index is 14.4. The summed E-state index contributed by atoms with van der Waals surface area (Å²) >= 11 is 0. The predicted molar refractivity (Wildman–Crippen MR) is 119 cm³/mol. The molecule has 2 heterocycles. The second-order valence-electron chi connectivity index (χ2n) is 7.50. The van der Waals surface area contributed by atoms with Crippen molar-refractivity contribution in [3.05, 3.63) is 95.8 Å². The number of nitrogens with zero attached hydrogens (tertiary/aromatic N) is 3. The molecule has 2 aromatic heterocycles. The molecule has 5 nitrogen and oxygen atoms in total. The van der Waals surface area contributed by atoms with Gasteiger partial charge in [-0.1, -0.05) is 49.7 Å². The van der Waals surface area contributed by atoms with E-state index in [-0.39, 0.29) is 11.7 Å². The Bertz CT molecular complexity index is 1170. The average molecular weight is 417 g/mol. The fraction of sp³-hybridized carbons (Fsp3) is 0.240. The number of carbonyl (C=O) groups is 1. The molecule has 1 amide bonds. The van der Waals surface area contributed by atoms with Crippen LogP contribution < -0.4 is 5.32 Å². The molecule has 0 aliphatic carbocycles. The van der Waals surface area contributed by atoms with Crippen LogP contribution in [0.3, 0.4) is 0 Å². The molecule has 0 saturated carbocycles. The van der Waals surface area contributed by atoms with Crippen LogP contribution in [0.5, 0.6) is 0 Å². The number of fused-ring (bicyclic) bond motifs is 1. The molecule has 2 aromatic carbocycles. The van der Waals surface area contributed by atoms with Gasteiger partial charge in [-0.15, -0.1) is 0 Å². The zero-order chi connectivity index (χ0) is 21.6. The van der Waals surface area contributed by atoms with E-state index in [1.807, 2.05) is 53.1 Å². The van der Waals surface area contributed by atoms with Crippen LogP contribution in [0.15, 0.2) is 72.9 Å². The Morgan fingerprint density at radius 3 is 2.61 bits per heavy atom. The number of benzene rings is 2. The molecule has 1 atom stereocenters. The minimum absolute atomic E-state index is 0.0922. The van der Waals surface area contributed by atoms with E-state index in [1.165, 1.54) is 6.07 Å². The minimum Gasteiger partial charge on any atom is -0.349 e. The maximum Gasteiger partial charge on any atom is 0.243 e. The van der Waals surface area contributed by atoms with E-state index in [9.17, 15) is 9.18 Å². The van der Waals surface area contributed by atoms with Gasteiger partial charge in [-0.05, 0) is 42.3 Å². The van der Waals surface area contributed by atoms with E-state index in [2.05, 4.69) is 17.2 Å². The maximum absolute atomic E-state index is 14.4. The van der Waals surface area contributed by atoms with Gasteiger partial charge >= 0.3 is 0 Å². The zero-order valence-corrected chi connectivity index (χ0v) is 17.5. The first-order chi connectivity index (χ1) is 15.2. The van der Waals surface area contributed by atoms with Crippen LogP contribution in [0.25, 0.3) is 11.0 Å². The molecule has 158 valence electrons. The van der Waals surface area contributed by atoms with Gasteiger partial charge in [0.05, 0.1) is 23.3 Å². The quantitative estimate of drug-likeness (QED) is 0.448. The minimum atomic E-state index is -0.442. The van der Waals surface area contributed by atoms with Crippen LogP contribution in [-0.2, 0) is 17.8 Å². The molecule has 0 bridgehead atoms. The molecule has 0 unspecified atom stereocenters. The number of imidazole rings is 1. The van der Waals surface area contributed by atoms with Crippen molar-refractivity contribution in [3.8, 4) is 0 Å². The summed E-state index contributed by atoms with van der Waals surface area (Å²) in [6.45, 7) is 2.41. The van der Waals surface area contributed by atoms with Crippen LogP contribution in [0.2, 0.25) is 0 Å². The lowest BCUT2D eigenvalue weighted by atomic mass is 10.1. The number of halogens is 1. The third-order valence-corrected chi connectivity index (χ3v) is 5.32. The van der Waals surface area contributed by atoms with Crippen LogP contribution in [-0.4, -0.2) is 20.4 Å². The fourth-order valence-corrected chi connectivity index (χ4v) is 3.83. The highest BCUT2D eigenvalue weighted by molar-refractivity contribution is 5.84. The van der Waals surface area contributed by atoms with Crippen LogP contribution in [0, 0.1) is 5.82 Å². The number of rotatable bonds is 8. The standard InChI is InChI=1S/C25H25FN4O/c1-2-9-23(25(31)28-17-19-11-7-8-15-27-19)30-22-14-6-5-13-21(22)29-24(30)16-18-10-3-4-12-20(18)26/h3-8,10-15,23H,2,9,16-17H2,1H3,(H,28,31)/t23-/m0/s1. The molecular formula is C25H25FN4O. The number of para-hydroxylation sites is 2. The van der Waals surface area contributed by atoms with Crippen molar-refractivity contribution in [2.75, 3.05) is 0 Å². The van der Waals surface area contributed by atoms with Crippen molar-refractivity contribution in [2.45, 2.75) is 38.8 Å². The molecule has 6 heteroatoms. The summed E-state index contributed by atoms with van der Waals surface area (Å²) < 4.78 is 16.3. The van der Waals surface area contributed by atoms with Gasteiger partial charge in [0.15, 0.2) is 0 Å². The van der Waals surface area contributed by atoms with Gasteiger partial charge in [0.25, 0.3) is 0 Å². The second-order valence-corrected chi connectivity index (χ2v) is 7.50. The monoisotopic (exact) mass is 416 g/mol. The van der Waals surface area contributed by atoms with Gasteiger partial charge in [0, 0.05) is 12.6 Å². The Morgan fingerprint density at radius 2 is 1.84 bits per heavy atom. The molecule has 0 fully saturated rings. The van der Waals surface area contributed by atoms with Crippen molar-refractivity contribution in [3.63, 3.8) is 0 Å². The molecule has 0 aliphatic heterocycles. The number of aromatic nitrogens is 3. The Balaban J connectivity index is 1.70. The second kappa shape index (κ2) is 9.51. The van der Waals surface area contributed by atoms with Crippen LogP contribution in [0.1, 0.15) is 42.9 Å². The Kier molecular flexibility index (Phi) is 6.36. The van der Waals surface area contributed by atoms with E-state index in [4.69, 9.17) is 4.98 Å². The Morgan fingerprint density at radius 1 is 1.06 bits per heavy atom. The number of carbonyl (C=O) groups excluding carboxylic acids is 1. The summed E-state index contributed by atoms with van der Waals surface area (Å²) in [4.78, 5) is 22.3. The molecule has 1 N–H and O–H groups in total. The highest BCUT2D eigenvalue weighted by atomic mass is 19.1. The summed E-state index contributed by atoms with van der Waals surface area (Å²) in [6.07, 6.45) is 3.50. The number of pyridine rings is 1. The van der Waals surface area contributed by atoms with Gasteiger partial charge in [0.2, 0.25) is 5.91 Å². The first-order valence-corrected chi connectivity index (χ1v) is 10.5. The first kappa shape index (κ1) is 20.7. The van der Waals surface area contributed by atoms with E-state index in [0.717, 1.165) is 23.1 Å². The van der Waals surface area contributed by atoms with Crippen molar-refractivity contribution in [1.82, 2.24) is 19.9 Å². The van der Waals surface area contributed by atoms with E-state index in [1.54, 1.807) is 18.3 Å². The molecule has 0 spiro atoms. The predicted octanol–water partition coefficient (Wildman–Crippen LogP) is 4.82. The normalized spacial score (nSPS) is 12.1. The topological polar surface area (TPSA) is 59.8 Å². The zero-order valence-electron chi connectivity index (χ0n) is 17.5. The molecule has 4 aromatic rings. The fourth-order valence-electron chi connectivity index (χ4n) is 3.83. The van der Waals surface area contributed by atoms with Gasteiger partial charge in [-0.2, -0.15) is 0 Å². The van der Waals surface area contributed by atoms with E-state index >= 15 is 0 Å². The van der Waals surface area contributed by atoms with Gasteiger partial charge in [-0.25, -0.2) is 9.37 Å². The highest BCUT2D eigenvalue weighted by Crippen LogP contribution is 2.27. The molecule has 4 rings (SSSR count). The van der Waals surface area contributed by atoms with E-state index < -0.39 is 6.04 Å². The van der Waals surface area contributed by atoms with Gasteiger partial charge in [0.1, 0.15) is 17.7 Å². The summed E-state index contributed by atoms with van der Waals surface area (Å²) in [5.41, 5.74) is 3.03. The molecular weight excluding hydrogens is 391 g/mol. The first-order valence-electron chi connectivity index (χ1n) is 10.5. The lowest BCUT2D eigenvalue weighted by molar-refractivity contribution is -0.124. The van der Waals surface area contributed by atoms with Gasteiger partial charge < -0.3 is 9.88 Å². The SMILES string of the molecule is CCC[C@@H](C(=O)NCc1ccccn1)n1c(Cc2ccccc2F)nc2ccccc21. The third kappa shape index (κ3) is 4.63. The summed E-state index contributed by atoms with van der Waals surface area (Å²) in [5, 5.41) is 3.02.